The first kappa shape index (κ1) is 12.2. The minimum atomic E-state index is -0.324. The van der Waals surface area contributed by atoms with Crippen LogP contribution in [0.25, 0.3) is 0 Å². The fourth-order valence-electron chi connectivity index (χ4n) is 2.65. The maximum atomic E-state index is 12.4. The maximum Gasteiger partial charge on any atom is 0.237 e. The summed E-state index contributed by atoms with van der Waals surface area (Å²) in [5.41, 5.74) is 1.94. The number of carbonyl (C=O) groups is 1. The Kier molecular flexibility index (Phi) is 2.98. The van der Waals surface area contributed by atoms with Crippen molar-refractivity contribution >= 4 is 11.6 Å². The molecule has 0 spiro atoms. The monoisotopic (exact) mass is 231 g/mol. The lowest BCUT2D eigenvalue weighted by molar-refractivity contribution is -0.122. The number of fused-ring (bicyclic) bond motifs is 1. The predicted octanol–water partition coefficient (Wildman–Crippen LogP) is 3.36. The van der Waals surface area contributed by atoms with Crippen LogP contribution >= 0.6 is 0 Å². The van der Waals surface area contributed by atoms with Crippen LogP contribution in [0.3, 0.4) is 0 Å². The molecule has 0 fully saturated rings. The Hall–Kier alpha value is -1.31. The third-order valence-corrected chi connectivity index (χ3v) is 3.86. The average Bonchev–Trinajstić information content (AvgIpc) is 2.51. The first-order chi connectivity index (χ1) is 7.97. The van der Waals surface area contributed by atoms with Crippen molar-refractivity contribution in [3.8, 4) is 0 Å². The van der Waals surface area contributed by atoms with E-state index in [9.17, 15) is 4.79 Å². The quantitative estimate of drug-likeness (QED) is 0.781. The molecule has 2 rings (SSSR count). The molecule has 0 aromatic heterocycles. The van der Waals surface area contributed by atoms with E-state index in [0.717, 1.165) is 18.5 Å². The normalized spacial score (nSPS) is 23.4. The summed E-state index contributed by atoms with van der Waals surface area (Å²) in [4.78, 5) is 14.2. The molecule has 0 saturated heterocycles. The summed E-state index contributed by atoms with van der Waals surface area (Å²) in [6.45, 7) is 6.50. The van der Waals surface area contributed by atoms with Crippen LogP contribution in [0, 0.1) is 5.92 Å². The summed E-state index contributed by atoms with van der Waals surface area (Å²) in [6, 6.07) is 8.15. The lowest BCUT2D eigenvalue weighted by atomic mass is 9.78. The van der Waals surface area contributed by atoms with Gasteiger partial charge in [0.25, 0.3) is 0 Å². The van der Waals surface area contributed by atoms with Gasteiger partial charge in [0.15, 0.2) is 0 Å². The van der Waals surface area contributed by atoms with Crippen LogP contribution in [-0.4, -0.2) is 13.0 Å². The molecule has 1 amide bonds. The molecule has 0 N–H and O–H groups in total. The molecular weight excluding hydrogens is 210 g/mol. The van der Waals surface area contributed by atoms with E-state index < -0.39 is 0 Å². The van der Waals surface area contributed by atoms with E-state index in [1.165, 1.54) is 5.56 Å². The van der Waals surface area contributed by atoms with Crippen molar-refractivity contribution < 1.29 is 4.79 Å². The number of rotatable bonds is 3. The lowest BCUT2D eigenvalue weighted by Crippen LogP contribution is -2.36. The van der Waals surface area contributed by atoms with E-state index in [1.807, 2.05) is 25.2 Å². The SMILES string of the molecule is CC(C)CC[C@]1(C)C(=O)N(C)c2ccccc21. The molecule has 1 aliphatic heterocycles. The molecule has 1 aromatic rings. The van der Waals surface area contributed by atoms with Crippen molar-refractivity contribution in [3.63, 3.8) is 0 Å². The van der Waals surface area contributed by atoms with Gasteiger partial charge < -0.3 is 4.90 Å². The number of likely N-dealkylation sites (N-methyl/N-ethyl adjacent to an activating group) is 1. The van der Waals surface area contributed by atoms with Gasteiger partial charge in [-0.3, -0.25) is 4.79 Å². The highest BCUT2D eigenvalue weighted by atomic mass is 16.2. The van der Waals surface area contributed by atoms with Gasteiger partial charge in [0.2, 0.25) is 5.91 Å². The summed E-state index contributed by atoms with van der Waals surface area (Å²) in [5, 5.41) is 0. The topological polar surface area (TPSA) is 20.3 Å². The molecule has 0 aliphatic carbocycles. The van der Waals surface area contributed by atoms with E-state index in [1.54, 1.807) is 4.90 Å². The number of hydrogen-bond donors (Lipinski definition) is 0. The van der Waals surface area contributed by atoms with Crippen molar-refractivity contribution in [2.24, 2.45) is 5.92 Å². The maximum absolute atomic E-state index is 12.4. The second-order valence-electron chi connectivity index (χ2n) is 5.65. The summed E-state index contributed by atoms with van der Waals surface area (Å²) < 4.78 is 0. The van der Waals surface area contributed by atoms with Crippen LogP contribution in [0.15, 0.2) is 24.3 Å². The average molecular weight is 231 g/mol. The van der Waals surface area contributed by atoms with Gasteiger partial charge in [-0.05, 0) is 37.3 Å². The Morgan fingerprint density at radius 1 is 1.29 bits per heavy atom. The third kappa shape index (κ3) is 1.86. The number of para-hydroxylation sites is 1. The summed E-state index contributed by atoms with van der Waals surface area (Å²) in [7, 11) is 1.88. The number of amides is 1. The van der Waals surface area contributed by atoms with Crippen LogP contribution in [0.2, 0.25) is 0 Å². The Morgan fingerprint density at radius 2 is 1.94 bits per heavy atom. The Labute approximate surface area is 104 Å². The van der Waals surface area contributed by atoms with Crippen LogP contribution in [0.1, 0.15) is 39.2 Å². The van der Waals surface area contributed by atoms with Crippen LogP contribution < -0.4 is 4.90 Å². The molecule has 1 aliphatic rings. The first-order valence-electron chi connectivity index (χ1n) is 6.34. The zero-order valence-electron chi connectivity index (χ0n) is 11.2. The molecule has 0 bridgehead atoms. The zero-order chi connectivity index (χ0) is 12.6. The molecule has 1 aromatic carbocycles. The number of anilines is 1. The number of hydrogen-bond acceptors (Lipinski definition) is 1. The standard InChI is InChI=1S/C15H21NO/c1-11(2)9-10-15(3)12-7-5-6-8-13(12)16(4)14(15)17/h5-8,11H,9-10H2,1-4H3/t15-/m0/s1. The molecule has 2 nitrogen and oxygen atoms in total. The molecule has 17 heavy (non-hydrogen) atoms. The number of carbonyl (C=O) groups excluding carboxylic acids is 1. The number of nitrogens with zero attached hydrogens (tertiary/aromatic N) is 1. The van der Waals surface area contributed by atoms with E-state index in [-0.39, 0.29) is 11.3 Å². The van der Waals surface area contributed by atoms with Gasteiger partial charge >= 0.3 is 0 Å². The molecule has 0 radical (unpaired) electrons. The van der Waals surface area contributed by atoms with Crippen molar-refractivity contribution in [3.05, 3.63) is 29.8 Å². The van der Waals surface area contributed by atoms with Crippen LogP contribution in [0.5, 0.6) is 0 Å². The molecule has 2 heteroatoms. The Morgan fingerprint density at radius 3 is 2.59 bits per heavy atom. The van der Waals surface area contributed by atoms with Gasteiger partial charge in [0.05, 0.1) is 5.41 Å². The van der Waals surface area contributed by atoms with Crippen molar-refractivity contribution in [1.29, 1.82) is 0 Å². The molecule has 0 unspecified atom stereocenters. The van der Waals surface area contributed by atoms with Gasteiger partial charge in [-0.2, -0.15) is 0 Å². The highest BCUT2D eigenvalue weighted by Gasteiger charge is 2.45. The highest BCUT2D eigenvalue weighted by Crippen LogP contribution is 2.43. The van der Waals surface area contributed by atoms with Gasteiger partial charge in [0, 0.05) is 12.7 Å². The van der Waals surface area contributed by atoms with Gasteiger partial charge in [-0.1, -0.05) is 32.0 Å². The second-order valence-corrected chi connectivity index (χ2v) is 5.65. The lowest BCUT2D eigenvalue weighted by Gasteiger charge is -2.24. The summed E-state index contributed by atoms with van der Waals surface area (Å²) in [6.07, 6.45) is 2.02. The van der Waals surface area contributed by atoms with Crippen molar-refractivity contribution in [2.75, 3.05) is 11.9 Å². The largest absolute Gasteiger partial charge is 0.314 e. The molecular formula is C15H21NO. The summed E-state index contributed by atoms with van der Waals surface area (Å²) in [5.74, 6) is 0.872. The highest BCUT2D eigenvalue weighted by molar-refractivity contribution is 6.07. The second kappa shape index (κ2) is 4.17. The van der Waals surface area contributed by atoms with Gasteiger partial charge in [-0.15, -0.1) is 0 Å². The Bertz CT molecular complexity index is 438. The minimum Gasteiger partial charge on any atom is -0.314 e. The fraction of sp³-hybridized carbons (Fsp3) is 0.533. The van der Waals surface area contributed by atoms with Crippen LogP contribution in [0.4, 0.5) is 5.69 Å². The van der Waals surface area contributed by atoms with Crippen molar-refractivity contribution in [2.45, 2.75) is 39.0 Å². The minimum absolute atomic E-state index is 0.236. The molecule has 1 heterocycles. The smallest absolute Gasteiger partial charge is 0.237 e. The Balaban J connectivity index is 2.37. The molecule has 0 saturated carbocycles. The van der Waals surface area contributed by atoms with Crippen molar-refractivity contribution in [1.82, 2.24) is 0 Å². The van der Waals surface area contributed by atoms with E-state index in [4.69, 9.17) is 0 Å². The van der Waals surface area contributed by atoms with Gasteiger partial charge in [0.1, 0.15) is 0 Å². The predicted molar refractivity (Wildman–Crippen MR) is 71.3 cm³/mol. The molecule has 92 valence electrons. The van der Waals surface area contributed by atoms with Crippen LogP contribution in [-0.2, 0) is 10.2 Å². The number of benzene rings is 1. The van der Waals surface area contributed by atoms with E-state index >= 15 is 0 Å². The fourth-order valence-corrected chi connectivity index (χ4v) is 2.65. The van der Waals surface area contributed by atoms with E-state index in [0.29, 0.717) is 5.92 Å². The zero-order valence-corrected chi connectivity index (χ0v) is 11.2. The molecule has 1 atom stereocenters. The summed E-state index contributed by atoms with van der Waals surface area (Å²) >= 11 is 0. The van der Waals surface area contributed by atoms with E-state index in [2.05, 4.69) is 26.8 Å². The third-order valence-electron chi connectivity index (χ3n) is 3.86. The van der Waals surface area contributed by atoms with Gasteiger partial charge in [-0.25, -0.2) is 0 Å². The first-order valence-corrected chi connectivity index (χ1v) is 6.34.